The molecule has 2 aromatic rings. The fourth-order valence-electron chi connectivity index (χ4n) is 1.54. The van der Waals surface area contributed by atoms with Gasteiger partial charge >= 0.3 is 0 Å². The van der Waals surface area contributed by atoms with E-state index in [-0.39, 0.29) is 5.41 Å². The van der Waals surface area contributed by atoms with E-state index in [2.05, 4.69) is 37.9 Å². The van der Waals surface area contributed by atoms with Crippen LogP contribution in [0.15, 0.2) is 52.5 Å². The number of pyridine rings is 1. The zero-order valence-electron chi connectivity index (χ0n) is 11.0. The van der Waals surface area contributed by atoms with Crippen molar-refractivity contribution in [1.29, 1.82) is 0 Å². The molecule has 1 aromatic carbocycles. The number of benzene rings is 1. The Morgan fingerprint density at radius 1 is 1.00 bits per heavy atom. The first-order chi connectivity index (χ1) is 8.45. The maximum atomic E-state index is 5.66. The number of nitrogen functional groups attached to an aromatic ring is 1. The van der Waals surface area contributed by atoms with Crippen LogP contribution >= 0.6 is 11.8 Å². The molecule has 0 aliphatic carbocycles. The highest BCUT2D eigenvalue weighted by Crippen LogP contribution is 2.28. The van der Waals surface area contributed by atoms with E-state index in [1.807, 2.05) is 30.5 Å². The first kappa shape index (κ1) is 13.0. The van der Waals surface area contributed by atoms with Crippen molar-refractivity contribution in [2.24, 2.45) is 0 Å². The fraction of sp³-hybridized carbons (Fsp3) is 0.267. The maximum Gasteiger partial charge on any atom is 0.101 e. The van der Waals surface area contributed by atoms with Gasteiger partial charge in [-0.15, -0.1) is 0 Å². The van der Waals surface area contributed by atoms with Crippen molar-refractivity contribution in [2.75, 3.05) is 5.73 Å². The van der Waals surface area contributed by atoms with Gasteiger partial charge in [-0.2, -0.15) is 0 Å². The van der Waals surface area contributed by atoms with E-state index in [1.54, 1.807) is 11.8 Å². The van der Waals surface area contributed by atoms with Gasteiger partial charge in [0.05, 0.1) is 0 Å². The Kier molecular flexibility index (Phi) is 3.62. The smallest absolute Gasteiger partial charge is 0.101 e. The molecule has 94 valence electrons. The van der Waals surface area contributed by atoms with Crippen LogP contribution in [0.2, 0.25) is 0 Å². The number of nitrogens with two attached hydrogens (primary N) is 1. The van der Waals surface area contributed by atoms with Crippen molar-refractivity contribution >= 4 is 17.4 Å². The number of hydrogen-bond donors (Lipinski definition) is 1. The van der Waals surface area contributed by atoms with Gasteiger partial charge in [0.15, 0.2) is 0 Å². The molecule has 0 atom stereocenters. The summed E-state index contributed by atoms with van der Waals surface area (Å²) in [6, 6.07) is 12.1. The molecule has 0 aliphatic heterocycles. The molecule has 1 aromatic heterocycles. The number of hydrogen-bond acceptors (Lipinski definition) is 3. The molecule has 2 rings (SSSR count). The zero-order valence-corrected chi connectivity index (χ0v) is 11.8. The molecule has 0 spiro atoms. The van der Waals surface area contributed by atoms with E-state index in [0.29, 0.717) is 0 Å². The largest absolute Gasteiger partial charge is 0.399 e. The molecule has 0 bridgehead atoms. The van der Waals surface area contributed by atoms with E-state index in [4.69, 9.17) is 5.73 Å². The SMILES string of the molecule is CC(C)(C)c1ccc(Sc2ccc(N)cc2)nc1. The summed E-state index contributed by atoms with van der Waals surface area (Å²) in [5.41, 5.74) is 7.85. The van der Waals surface area contributed by atoms with E-state index in [0.717, 1.165) is 15.6 Å². The molecule has 0 saturated carbocycles. The van der Waals surface area contributed by atoms with Crippen molar-refractivity contribution in [3.63, 3.8) is 0 Å². The Morgan fingerprint density at radius 3 is 2.17 bits per heavy atom. The van der Waals surface area contributed by atoms with Crippen molar-refractivity contribution in [3.8, 4) is 0 Å². The lowest BCUT2D eigenvalue weighted by Gasteiger charge is -2.18. The van der Waals surface area contributed by atoms with Gasteiger partial charge in [-0.3, -0.25) is 0 Å². The summed E-state index contributed by atoms with van der Waals surface area (Å²) in [5.74, 6) is 0. The van der Waals surface area contributed by atoms with Gasteiger partial charge in [-0.25, -0.2) is 4.98 Å². The van der Waals surface area contributed by atoms with Crippen LogP contribution in [0.25, 0.3) is 0 Å². The minimum absolute atomic E-state index is 0.150. The minimum Gasteiger partial charge on any atom is -0.399 e. The van der Waals surface area contributed by atoms with Crippen LogP contribution < -0.4 is 5.73 Å². The second kappa shape index (κ2) is 5.02. The second-order valence-electron chi connectivity index (χ2n) is 5.31. The first-order valence-corrected chi connectivity index (χ1v) is 6.77. The number of rotatable bonds is 2. The molecule has 3 heteroatoms. The third-order valence-corrected chi connectivity index (χ3v) is 3.66. The molecule has 0 saturated heterocycles. The average Bonchev–Trinajstić information content (AvgIpc) is 2.32. The molecule has 18 heavy (non-hydrogen) atoms. The molecule has 0 radical (unpaired) electrons. The molecule has 0 unspecified atom stereocenters. The minimum atomic E-state index is 0.150. The van der Waals surface area contributed by atoms with Gasteiger partial charge in [0.2, 0.25) is 0 Å². The number of aromatic nitrogens is 1. The van der Waals surface area contributed by atoms with Crippen molar-refractivity contribution in [3.05, 3.63) is 48.2 Å². The zero-order chi connectivity index (χ0) is 13.2. The normalized spacial score (nSPS) is 11.5. The lowest BCUT2D eigenvalue weighted by molar-refractivity contribution is 0.586. The third-order valence-electron chi connectivity index (χ3n) is 2.70. The molecule has 2 N–H and O–H groups in total. The fourth-order valence-corrected chi connectivity index (χ4v) is 2.30. The summed E-state index contributed by atoms with van der Waals surface area (Å²) in [7, 11) is 0. The van der Waals surface area contributed by atoms with Crippen molar-refractivity contribution in [1.82, 2.24) is 4.98 Å². The van der Waals surface area contributed by atoms with Gasteiger partial charge in [0, 0.05) is 16.8 Å². The Labute approximate surface area is 113 Å². The Morgan fingerprint density at radius 2 is 1.67 bits per heavy atom. The van der Waals surface area contributed by atoms with Crippen LogP contribution in [0.4, 0.5) is 5.69 Å². The summed E-state index contributed by atoms with van der Waals surface area (Å²) in [4.78, 5) is 5.65. The van der Waals surface area contributed by atoms with E-state index in [9.17, 15) is 0 Å². The average molecular weight is 258 g/mol. The predicted molar refractivity (Wildman–Crippen MR) is 77.9 cm³/mol. The molecule has 2 nitrogen and oxygen atoms in total. The van der Waals surface area contributed by atoms with Crippen LogP contribution in [0.5, 0.6) is 0 Å². The molecular weight excluding hydrogens is 240 g/mol. The molecular formula is C15H18N2S. The van der Waals surface area contributed by atoms with Crippen LogP contribution in [-0.4, -0.2) is 4.98 Å². The van der Waals surface area contributed by atoms with E-state index < -0.39 is 0 Å². The first-order valence-electron chi connectivity index (χ1n) is 5.95. The van der Waals surface area contributed by atoms with Gasteiger partial charge in [0.1, 0.15) is 5.03 Å². The highest BCUT2D eigenvalue weighted by Gasteiger charge is 2.13. The maximum absolute atomic E-state index is 5.66. The molecule has 1 heterocycles. The predicted octanol–water partition coefficient (Wildman–Crippen LogP) is 4.11. The van der Waals surface area contributed by atoms with Gasteiger partial charge in [-0.05, 0) is 41.3 Å². The summed E-state index contributed by atoms with van der Waals surface area (Å²) in [6.07, 6.45) is 1.96. The third kappa shape index (κ3) is 3.26. The Bertz CT molecular complexity index is 510. The summed E-state index contributed by atoms with van der Waals surface area (Å²) in [6.45, 7) is 6.57. The lowest BCUT2D eigenvalue weighted by atomic mass is 9.88. The molecule has 0 fully saturated rings. The quantitative estimate of drug-likeness (QED) is 0.824. The number of nitrogens with zero attached hydrogens (tertiary/aromatic N) is 1. The van der Waals surface area contributed by atoms with Crippen molar-refractivity contribution in [2.45, 2.75) is 36.1 Å². The lowest BCUT2D eigenvalue weighted by Crippen LogP contribution is -2.11. The Hall–Kier alpha value is -1.48. The van der Waals surface area contributed by atoms with Gasteiger partial charge in [0.25, 0.3) is 0 Å². The van der Waals surface area contributed by atoms with Gasteiger partial charge in [-0.1, -0.05) is 38.6 Å². The summed E-state index contributed by atoms with van der Waals surface area (Å²) < 4.78 is 0. The second-order valence-corrected chi connectivity index (χ2v) is 6.40. The van der Waals surface area contributed by atoms with Crippen LogP contribution in [0, 0.1) is 0 Å². The highest BCUT2D eigenvalue weighted by molar-refractivity contribution is 7.99. The standard InChI is InChI=1S/C15H18N2S/c1-15(2,3)11-4-9-14(17-10-11)18-13-7-5-12(16)6-8-13/h4-10H,16H2,1-3H3. The topological polar surface area (TPSA) is 38.9 Å². The number of anilines is 1. The van der Waals surface area contributed by atoms with E-state index >= 15 is 0 Å². The summed E-state index contributed by atoms with van der Waals surface area (Å²) in [5, 5.41) is 1.01. The van der Waals surface area contributed by atoms with Crippen molar-refractivity contribution < 1.29 is 0 Å². The monoisotopic (exact) mass is 258 g/mol. The molecule has 0 amide bonds. The summed E-state index contributed by atoms with van der Waals surface area (Å²) >= 11 is 1.65. The van der Waals surface area contributed by atoms with Gasteiger partial charge < -0.3 is 5.73 Å². The van der Waals surface area contributed by atoms with E-state index in [1.165, 1.54) is 5.56 Å². The Balaban J connectivity index is 2.13. The highest BCUT2D eigenvalue weighted by atomic mass is 32.2. The van der Waals surface area contributed by atoms with Crippen LogP contribution in [-0.2, 0) is 5.41 Å². The van der Waals surface area contributed by atoms with Crippen LogP contribution in [0.1, 0.15) is 26.3 Å². The van der Waals surface area contributed by atoms with Crippen LogP contribution in [0.3, 0.4) is 0 Å². The molecule has 0 aliphatic rings.